The fourth-order valence-electron chi connectivity index (χ4n) is 2.59. The first-order chi connectivity index (χ1) is 9.81. The van der Waals surface area contributed by atoms with Gasteiger partial charge in [0.05, 0.1) is 5.52 Å². The van der Waals surface area contributed by atoms with E-state index in [2.05, 4.69) is 34.1 Å². The molecule has 0 amide bonds. The molecule has 3 heterocycles. The molecular formula is C15H12N2OS2. The van der Waals surface area contributed by atoms with Gasteiger partial charge in [-0.05, 0) is 29.0 Å². The van der Waals surface area contributed by atoms with E-state index in [0.29, 0.717) is 0 Å². The molecule has 0 bridgehead atoms. The summed E-state index contributed by atoms with van der Waals surface area (Å²) in [7, 11) is 0. The van der Waals surface area contributed by atoms with Crippen molar-refractivity contribution in [1.82, 2.24) is 4.98 Å². The van der Waals surface area contributed by atoms with Crippen molar-refractivity contribution in [2.24, 2.45) is 0 Å². The molecule has 2 aromatic heterocycles. The molecule has 0 unspecified atom stereocenters. The molecule has 5 heteroatoms. The number of anilines is 1. The van der Waals surface area contributed by atoms with Gasteiger partial charge in [-0.15, -0.1) is 11.3 Å². The summed E-state index contributed by atoms with van der Waals surface area (Å²) in [5.74, 6) is 0. The van der Waals surface area contributed by atoms with Crippen LogP contribution in [-0.4, -0.2) is 11.5 Å². The van der Waals surface area contributed by atoms with E-state index in [4.69, 9.17) is 0 Å². The van der Waals surface area contributed by atoms with Crippen molar-refractivity contribution < 1.29 is 0 Å². The quantitative estimate of drug-likeness (QED) is 0.691. The molecule has 0 aliphatic carbocycles. The van der Waals surface area contributed by atoms with Crippen molar-refractivity contribution in [3.8, 4) is 0 Å². The van der Waals surface area contributed by atoms with Gasteiger partial charge in [0, 0.05) is 13.1 Å². The molecule has 0 saturated heterocycles. The zero-order valence-electron chi connectivity index (χ0n) is 10.7. The van der Waals surface area contributed by atoms with Gasteiger partial charge < -0.3 is 4.90 Å². The fourth-order valence-corrected chi connectivity index (χ4v) is 4.32. The second kappa shape index (κ2) is 4.68. The number of aromatic nitrogens is 1. The second-order valence-corrected chi connectivity index (χ2v) is 6.72. The molecule has 0 radical (unpaired) electrons. The van der Waals surface area contributed by atoms with Gasteiger partial charge in [0.25, 0.3) is 4.74 Å². The fraction of sp³-hybridized carbons (Fsp3) is 0.200. The highest BCUT2D eigenvalue weighted by atomic mass is 32.1. The summed E-state index contributed by atoms with van der Waals surface area (Å²) in [6, 6.07) is 10.4. The standard InChI is InChI=1S/C15H12N2OS2/c18-14-13-12(6-8-19-13)16-15(20-14)17-7-5-10-3-1-2-4-11(10)9-17/h1-4,6,8H,5,7,9H2. The Morgan fingerprint density at radius 3 is 2.90 bits per heavy atom. The van der Waals surface area contributed by atoms with Crippen LogP contribution in [0, 0.1) is 0 Å². The number of thiophene rings is 1. The van der Waals surface area contributed by atoms with Crippen LogP contribution in [-0.2, 0) is 13.0 Å². The van der Waals surface area contributed by atoms with Crippen molar-refractivity contribution in [3.63, 3.8) is 0 Å². The van der Waals surface area contributed by atoms with Crippen LogP contribution in [0.4, 0.5) is 5.13 Å². The van der Waals surface area contributed by atoms with Crippen molar-refractivity contribution in [2.75, 3.05) is 11.4 Å². The van der Waals surface area contributed by atoms with Crippen LogP contribution in [0.15, 0.2) is 40.5 Å². The van der Waals surface area contributed by atoms with E-state index in [9.17, 15) is 4.79 Å². The third-order valence-corrected chi connectivity index (χ3v) is 5.58. The van der Waals surface area contributed by atoms with E-state index in [1.165, 1.54) is 33.8 Å². The molecule has 0 atom stereocenters. The van der Waals surface area contributed by atoms with E-state index in [-0.39, 0.29) is 4.74 Å². The van der Waals surface area contributed by atoms with Gasteiger partial charge in [-0.2, -0.15) is 0 Å². The lowest BCUT2D eigenvalue weighted by molar-refractivity contribution is 0.729. The van der Waals surface area contributed by atoms with Crippen molar-refractivity contribution >= 4 is 38.0 Å². The average Bonchev–Trinajstić information content (AvgIpc) is 2.96. The molecule has 1 aliphatic heterocycles. The van der Waals surface area contributed by atoms with Gasteiger partial charge >= 0.3 is 0 Å². The first-order valence-electron chi connectivity index (χ1n) is 6.51. The minimum absolute atomic E-state index is 0.124. The van der Waals surface area contributed by atoms with Gasteiger partial charge in [0.15, 0.2) is 5.13 Å². The number of rotatable bonds is 1. The summed E-state index contributed by atoms with van der Waals surface area (Å²) in [6.07, 6.45) is 1.01. The summed E-state index contributed by atoms with van der Waals surface area (Å²) in [5.41, 5.74) is 3.57. The Morgan fingerprint density at radius 1 is 1.15 bits per heavy atom. The van der Waals surface area contributed by atoms with Crippen LogP contribution in [0.3, 0.4) is 0 Å². The Kier molecular flexibility index (Phi) is 2.82. The third kappa shape index (κ3) is 1.94. The number of fused-ring (bicyclic) bond motifs is 2. The molecular weight excluding hydrogens is 288 g/mol. The molecule has 0 spiro atoms. The first-order valence-corrected chi connectivity index (χ1v) is 8.21. The first kappa shape index (κ1) is 12.1. The van der Waals surface area contributed by atoms with Crippen LogP contribution >= 0.6 is 22.7 Å². The van der Waals surface area contributed by atoms with E-state index >= 15 is 0 Å². The number of hydrogen-bond donors (Lipinski definition) is 0. The molecule has 0 saturated carbocycles. The van der Waals surface area contributed by atoms with Crippen LogP contribution in [0.25, 0.3) is 10.2 Å². The monoisotopic (exact) mass is 300 g/mol. The lowest BCUT2D eigenvalue weighted by Crippen LogP contribution is -2.30. The summed E-state index contributed by atoms with van der Waals surface area (Å²) in [5, 5.41) is 2.77. The number of hydrogen-bond acceptors (Lipinski definition) is 5. The zero-order valence-corrected chi connectivity index (χ0v) is 12.3. The molecule has 1 aliphatic rings. The minimum atomic E-state index is 0.124. The predicted octanol–water partition coefficient (Wildman–Crippen LogP) is 3.28. The Morgan fingerprint density at radius 2 is 2.00 bits per heavy atom. The maximum Gasteiger partial charge on any atom is 0.255 e. The Labute approximate surface area is 124 Å². The van der Waals surface area contributed by atoms with Gasteiger partial charge in [-0.3, -0.25) is 4.79 Å². The van der Waals surface area contributed by atoms with E-state index in [0.717, 1.165) is 34.9 Å². The molecule has 3 aromatic rings. The average molecular weight is 300 g/mol. The van der Waals surface area contributed by atoms with Crippen LogP contribution in [0.2, 0.25) is 0 Å². The summed E-state index contributed by atoms with van der Waals surface area (Å²) in [6.45, 7) is 1.77. The highest BCUT2D eigenvalue weighted by Gasteiger charge is 2.19. The SMILES string of the molecule is O=c1sc(N2CCc3ccccc3C2)nc2ccsc12. The summed E-state index contributed by atoms with van der Waals surface area (Å²) < 4.78 is 0.898. The molecule has 0 fully saturated rings. The van der Waals surface area contributed by atoms with Crippen molar-refractivity contribution in [2.45, 2.75) is 13.0 Å². The lowest BCUT2D eigenvalue weighted by Gasteiger charge is -2.28. The maximum atomic E-state index is 12.1. The van der Waals surface area contributed by atoms with Gasteiger partial charge in [0.1, 0.15) is 4.70 Å². The zero-order chi connectivity index (χ0) is 13.5. The van der Waals surface area contributed by atoms with E-state index in [1.54, 1.807) is 0 Å². The van der Waals surface area contributed by atoms with Gasteiger partial charge in [0.2, 0.25) is 0 Å². The Hall–Kier alpha value is -1.72. The third-order valence-electron chi connectivity index (χ3n) is 3.63. The smallest absolute Gasteiger partial charge is 0.255 e. The molecule has 100 valence electrons. The van der Waals surface area contributed by atoms with Gasteiger partial charge in [-0.1, -0.05) is 35.6 Å². The normalized spacial score (nSPS) is 14.5. The highest BCUT2D eigenvalue weighted by molar-refractivity contribution is 7.21. The second-order valence-electron chi connectivity index (χ2n) is 4.86. The number of benzene rings is 1. The topological polar surface area (TPSA) is 33.2 Å². The summed E-state index contributed by atoms with van der Waals surface area (Å²) in [4.78, 5) is 19.0. The van der Waals surface area contributed by atoms with Crippen LogP contribution in [0.5, 0.6) is 0 Å². The minimum Gasteiger partial charge on any atom is -0.343 e. The largest absolute Gasteiger partial charge is 0.343 e. The van der Waals surface area contributed by atoms with Gasteiger partial charge in [-0.25, -0.2) is 4.98 Å². The highest BCUT2D eigenvalue weighted by Crippen LogP contribution is 2.27. The maximum absolute atomic E-state index is 12.1. The lowest BCUT2D eigenvalue weighted by atomic mass is 10.0. The predicted molar refractivity (Wildman–Crippen MR) is 85.0 cm³/mol. The van der Waals surface area contributed by atoms with Crippen molar-refractivity contribution in [1.29, 1.82) is 0 Å². The molecule has 1 aromatic carbocycles. The number of nitrogens with zero attached hydrogens (tertiary/aromatic N) is 2. The summed E-state index contributed by atoms with van der Waals surface area (Å²) >= 11 is 2.74. The van der Waals surface area contributed by atoms with Crippen LogP contribution < -0.4 is 9.64 Å². The van der Waals surface area contributed by atoms with Crippen LogP contribution in [0.1, 0.15) is 11.1 Å². The molecule has 4 rings (SSSR count). The Balaban J connectivity index is 1.75. The van der Waals surface area contributed by atoms with Crippen molar-refractivity contribution in [3.05, 3.63) is 56.4 Å². The molecule has 20 heavy (non-hydrogen) atoms. The molecule has 0 N–H and O–H groups in total. The van der Waals surface area contributed by atoms with E-state index in [1.807, 2.05) is 11.4 Å². The van der Waals surface area contributed by atoms with E-state index < -0.39 is 0 Å². The molecule has 3 nitrogen and oxygen atoms in total. The Bertz CT molecular complexity index is 837.